The number of H-pyrrole nitrogens is 1. The van der Waals surface area contributed by atoms with Crippen molar-refractivity contribution in [2.24, 2.45) is 0 Å². The molecule has 5 aromatic carbocycles. The van der Waals surface area contributed by atoms with Crippen LogP contribution in [0.2, 0.25) is 0 Å². The van der Waals surface area contributed by atoms with Crippen molar-refractivity contribution in [2.45, 2.75) is 26.5 Å². The number of benzene rings is 5. The third-order valence-corrected chi connectivity index (χ3v) is 9.13. The Balaban J connectivity index is 1.01. The first-order chi connectivity index (χ1) is 27.5. The highest BCUT2D eigenvalue weighted by Crippen LogP contribution is 2.32. The van der Waals surface area contributed by atoms with Gasteiger partial charge >= 0.3 is 11.7 Å². The highest BCUT2D eigenvalue weighted by molar-refractivity contribution is 6.03. The molecule has 0 aliphatic rings. The normalized spacial score (nSPS) is 11.2. The summed E-state index contributed by atoms with van der Waals surface area (Å²) in [7, 11) is 0. The van der Waals surface area contributed by atoms with Crippen molar-refractivity contribution in [2.75, 3.05) is 13.2 Å². The lowest BCUT2D eigenvalue weighted by Gasteiger charge is -2.13. The van der Waals surface area contributed by atoms with Gasteiger partial charge in [-0.25, -0.2) is 9.59 Å². The van der Waals surface area contributed by atoms with Gasteiger partial charge in [-0.2, -0.15) is 4.98 Å². The third-order valence-electron chi connectivity index (χ3n) is 9.13. The molecule has 0 saturated carbocycles. The molecule has 0 atom stereocenters. The lowest BCUT2D eigenvalue weighted by molar-refractivity contribution is 0.0736. The molecule has 13 heteroatoms. The summed E-state index contributed by atoms with van der Waals surface area (Å²) in [6.07, 6.45) is 0.308. The smallest absolute Gasteiger partial charge is 0.439 e. The lowest BCUT2D eigenvalue weighted by Crippen LogP contribution is -2.12. The van der Waals surface area contributed by atoms with Crippen LogP contribution in [-0.2, 0) is 19.6 Å². The number of aliphatic hydroxyl groups is 1. The molecule has 13 nitrogen and oxygen atoms in total. The molecule has 0 amide bonds. The number of imidazole rings is 1. The van der Waals surface area contributed by atoms with Crippen molar-refractivity contribution in [3.05, 3.63) is 154 Å². The summed E-state index contributed by atoms with van der Waals surface area (Å²) < 4.78 is 30.0. The topological polar surface area (TPSA) is 168 Å². The maximum Gasteiger partial charge on any atom is 0.439 e. The number of rotatable bonds is 14. The van der Waals surface area contributed by atoms with Crippen LogP contribution in [0.4, 0.5) is 0 Å². The molecule has 3 heterocycles. The van der Waals surface area contributed by atoms with Crippen LogP contribution >= 0.6 is 0 Å². The number of esters is 1. The molecular formula is C43H35N5O8. The minimum atomic E-state index is -0.624. The van der Waals surface area contributed by atoms with E-state index in [1.165, 1.54) is 0 Å². The number of hydrogen-bond donors (Lipinski definition) is 2. The maximum absolute atomic E-state index is 13.8. The van der Waals surface area contributed by atoms with E-state index in [1.807, 2.05) is 96.4 Å². The van der Waals surface area contributed by atoms with Crippen molar-refractivity contribution in [1.29, 1.82) is 0 Å². The van der Waals surface area contributed by atoms with Gasteiger partial charge in [0.2, 0.25) is 0 Å². The van der Waals surface area contributed by atoms with E-state index in [4.69, 9.17) is 28.2 Å². The minimum Gasteiger partial charge on any atom is -0.489 e. The zero-order valence-electron chi connectivity index (χ0n) is 30.2. The van der Waals surface area contributed by atoms with Crippen LogP contribution in [-0.4, -0.2) is 49.1 Å². The highest BCUT2D eigenvalue weighted by Gasteiger charge is 2.22. The zero-order valence-corrected chi connectivity index (χ0v) is 30.2. The monoisotopic (exact) mass is 749 g/mol. The molecule has 8 rings (SSSR count). The van der Waals surface area contributed by atoms with Gasteiger partial charge in [-0.15, -0.1) is 0 Å². The fraction of sp³-hybridized carbons (Fsp3) is 0.140. The number of aromatic nitrogens is 5. The first kappa shape index (κ1) is 35.8. The van der Waals surface area contributed by atoms with E-state index in [2.05, 4.69) is 15.3 Å². The molecule has 0 aliphatic carbocycles. The zero-order chi connectivity index (χ0) is 38.4. The number of carbonyl (C=O) groups excluding carboxylic acids is 1. The van der Waals surface area contributed by atoms with Crippen molar-refractivity contribution in [3.63, 3.8) is 0 Å². The second-order valence-electron chi connectivity index (χ2n) is 12.7. The molecule has 3 aromatic heterocycles. The summed E-state index contributed by atoms with van der Waals surface area (Å²) in [6.45, 7) is 2.70. The molecule has 0 fully saturated rings. The number of hydrogen-bond acceptors (Lipinski definition) is 11. The molecule has 0 spiro atoms. The Morgan fingerprint density at radius 1 is 0.786 bits per heavy atom. The Hall–Kier alpha value is -7.25. The van der Waals surface area contributed by atoms with Crippen LogP contribution < -0.4 is 20.0 Å². The maximum atomic E-state index is 13.8. The summed E-state index contributed by atoms with van der Waals surface area (Å²) in [4.78, 5) is 32.7. The van der Waals surface area contributed by atoms with Crippen molar-refractivity contribution < 1.29 is 33.2 Å². The summed E-state index contributed by atoms with van der Waals surface area (Å²) in [5.74, 6) is 0.595. The summed E-state index contributed by atoms with van der Waals surface area (Å²) >= 11 is 0. The number of carbonyl (C=O) groups is 1. The van der Waals surface area contributed by atoms with Gasteiger partial charge in [0.05, 0.1) is 41.9 Å². The quantitative estimate of drug-likeness (QED) is 0.0835. The Labute approximate surface area is 319 Å². The molecule has 0 aliphatic heterocycles. The highest BCUT2D eigenvalue weighted by atomic mass is 16.5. The number of ether oxygens (including phenoxy) is 3. The number of fused-ring (bicyclic) bond motifs is 1. The minimum absolute atomic E-state index is 0.0852. The van der Waals surface area contributed by atoms with Gasteiger partial charge in [-0.1, -0.05) is 95.2 Å². The van der Waals surface area contributed by atoms with E-state index in [-0.39, 0.29) is 13.2 Å². The second-order valence-corrected chi connectivity index (χ2v) is 12.7. The van der Waals surface area contributed by atoms with Crippen LogP contribution in [0.15, 0.2) is 135 Å². The van der Waals surface area contributed by atoms with Crippen LogP contribution in [0.1, 0.15) is 34.2 Å². The summed E-state index contributed by atoms with van der Waals surface area (Å²) in [6, 6.07) is 37.6. The SMILES string of the molecule is CCOc1nc2cccc(C(=O)Oc3ccc(OCc4c(-c5ccccc5)noc4CCO)cc3)c2n1Cc1ccc(-c2ccccc2-c2noc(=O)[nH]2)cc1. The predicted octanol–water partition coefficient (Wildman–Crippen LogP) is 7.48. The average Bonchev–Trinajstić information content (AvgIpc) is 3.95. The third kappa shape index (κ3) is 7.43. The van der Waals surface area contributed by atoms with Gasteiger partial charge in [-0.05, 0) is 60.0 Å². The number of aliphatic hydroxyl groups excluding tert-OH is 1. The van der Waals surface area contributed by atoms with Gasteiger partial charge in [0.1, 0.15) is 29.6 Å². The Morgan fingerprint density at radius 2 is 1.54 bits per heavy atom. The summed E-state index contributed by atoms with van der Waals surface area (Å²) in [5.41, 5.74) is 7.22. The number of nitrogens with one attached hydrogen (secondary N) is 1. The first-order valence-corrected chi connectivity index (χ1v) is 17.9. The van der Waals surface area contributed by atoms with E-state index in [9.17, 15) is 14.7 Å². The molecule has 0 unspecified atom stereocenters. The second kappa shape index (κ2) is 16.0. The Morgan fingerprint density at radius 3 is 2.27 bits per heavy atom. The van der Waals surface area contributed by atoms with Crippen LogP contribution in [0.3, 0.4) is 0 Å². The van der Waals surface area contributed by atoms with Crippen LogP contribution in [0.5, 0.6) is 17.5 Å². The molecule has 56 heavy (non-hydrogen) atoms. The average molecular weight is 750 g/mol. The number of para-hydroxylation sites is 1. The van der Waals surface area contributed by atoms with Crippen molar-refractivity contribution in [3.8, 4) is 51.3 Å². The van der Waals surface area contributed by atoms with Crippen molar-refractivity contribution in [1.82, 2.24) is 24.8 Å². The molecule has 0 bridgehead atoms. The lowest BCUT2D eigenvalue weighted by atomic mass is 9.98. The van der Waals surface area contributed by atoms with Gasteiger partial charge in [-0.3, -0.25) is 14.1 Å². The number of nitrogens with zero attached hydrogens (tertiary/aromatic N) is 4. The van der Waals surface area contributed by atoms with E-state index < -0.39 is 11.7 Å². The summed E-state index contributed by atoms with van der Waals surface area (Å²) in [5, 5.41) is 17.6. The molecule has 0 radical (unpaired) electrons. The largest absolute Gasteiger partial charge is 0.489 e. The first-order valence-electron chi connectivity index (χ1n) is 17.9. The van der Waals surface area contributed by atoms with Crippen molar-refractivity contribution >= 4 is 17.0 Å². The number of aromatic amines is 1. The van der Waals surface area contributed by atoms with Gasteiger partial charge in [0, 0.05) is 17.5 Å². The Bertz CT molecular complexity index is 2660. The van der Waals surface area contributed by atoms with E-state index in [0.29, 0.717) is 71.0 Å². The fourth-order valence-electron chi connectivity index (χ4n) is 6.51. The van der Waals surface area contributed by atoms with Gasteiger partial charge in [0.25, 0.3) is 6.01 Å². The Kier molecular flexibility index (Phi) is 10.2. The van der Waals surface area contributed by atoms with Gasteiger partial charge in [0.15, 0.2) is 5.82 Å². The predicted molar refractivity (Wildman–Crippen MR) is 206 cm³/mol. The van der Waals surface area contributed by atoms with Crippen LogP contribution in [0.25, 0.3) is 44.8 Å². The molecule has 2 N–H and O–H groups in total. The fourth-order valence-corrected chi connectivity index (χ4v) is 6.51. The van der Waals surface area contributed by atoms with E-state index in [0.717, 1.165) is 33.4 Å². The standard InChI is InChI=1S/C43H35N5O8/c1-2-52-42-44-36-14-8-13-34(39(36)48(42)25-27-15-17-28(18-16-27)32-11-6-7-12-33(32)40-45-43(51)56-47-40)41(50)54-31-21-19-30(20-22-31)53-26-35-37(23-24-49)55-46-38(35)29-9-4-3-5-10-29/h3-22,49H,2,23-26H2,1H3,(H,45,47,51). The van der Waals surface area contributed by atoms with Crippen LogP contribution in [0, 0.1) is 0 Å². The molecule has 0 saturated heterocycles. The molecule has 8 aromatic rings. The molecule has 280 valence electrons. The van der Waals surface area contributed by atoms with E-state index >= 15 is 0 Å². The van der Waals surface area contributed by atoms with E-state index in [1.54, 1.807) is 36.4 Å². The molecular weight excluding hydrogens is 714 g/mol. The van der Waals surface area contributed by atoms with Gasteiger partial charge < -0.3 is 23.8 Å².